The van der Waals surface area contributed by atoms with Gasteiger partial charge >= 0.3 is 0 Å². The van der Waals surface area contributed by atoms with Gasteiger partial charge in [-0.25, -0.2) is 0 Å². The first-order chi connectivity index (χ1) is 10.2. The van der Waals surface area contributed by atoms with Crippen molar-refractivity contribution in [3.63, 3.8) is 0 Å². The van der Waals surface area contributed by atoms with Crippen LogP contribution in [0.4, 0.5) is 5.69 Å². The normalized spacial score (nSPS) is 11.3. The van der Waals surface area contributed by atoms with Gasteiger partial charge in [-0.05, 0) is 48.2 Å². The summed E-state index contributed by atoms with van der Waals surface area (Å²) in [6, 6.07) is 18.2. The van der Waals surface area contributed by atoms with Gasteiger partial charge in [0.1, 0.15) is 0 Å². The number of pyridine rings is 1. The van der Waals surface area contributed by atoms with E-state index in [-0.39, 0.29) is 0 Å². The van der Waals surface area contributed by atoms with Crippen LogP contribution in [0.1, 0.15) is 5.56 Å². The Morgan fingerprint density at radius 3 is 2.67 bits per heavy atom. The van der Waals surface area contributed by atoms with Crippen LogP contribution in [0.2, 0.25) is 0 Å². The van der Waals surface area contributed by atoms with Crippen molar-refractivity contribution in [3.05, 3.63) is 60.2 Å². The van der Waals surface area contributed by atoms with Gasteiger partial charge in [0.05, 0.1) is 5.52 Å². The highest BCUT2D eigenvalue weighted by Gasteiger charge is 2.13. The number of aromatic nitrogens is 3. The van der Waals surface area contributed by atoms with Gasteiger partial charge in [0.15, 0.2) is 11.5 Å². The molecule has 0 aliphatic rings. The lowest BCUT2D eigenvalue weighted by Crippen LogP contribution is -1.96. The highest BCUT2D eigenvalue weighted by atomic mass is 15.2. The molecular formula is C17H14N4. The molecule has 102 valence electrons. The molecule has 21 heavy (non-hydrogen) atoms. The lowest BCUT2D eigenvalue weighted by Gasteiger charge is -2.07. The van der Waals surface area contributed by atoms with Crippen LogP contribution >= 0.6 is 0 Å². The minimum absolute atomic E-state index is 0.720. The Kier molecular flexibility index (Phi) is 2.44. The summed E-state index contributed by atoms with van der Waals surface area (Å²) in [5, 5.41) is 9.76. The van der Waals surface area contributed by atoms with Crippen LogP contribution in [0, 0.1) is 6.92 Å². The Bertz CT molecular complexity index is 969. The van der Waals surface area contributed by atoms with Gasteiger partial charge in [-0.2, -0.15) is 0 Å². The van der Waals surface area contributed by atoms with Crippen LogP contribution < -0.4 is 5.73 Å². The molecule has 2 aromatic carbocycles. The van der Waals surface area contributed by atoms with E-state index in [1.807, 2.05) is 43.3 Å². The quantitative estimate of drug-likeness (QED) is 0.541. The molecule has 0 radical (unpaired) electrons. The Hall–Kier alpha value is -2.88. The van der Waals surface area contributed by atoms with Crippen molar-refractivity contribution in [2.75, 3.05) is 5.73 Å². The van der Waals surface area contributed by atoms with E-state index in [1.54, 1.807) is 0 Å². The summed E-state index contributed by atoms with van der Waals surface area (Å²) in [5.41, 5.74) is 10.8. The summed E-state index contributed by atoms with van der Waals surface area (Å²) in [6.45, 7) is 2.03. The summed E-state index contributed by atoms with van der Waals surface area (Å²) in [5.74, 6) is 0.777. The minimum atomic E-state index is 0.720. The number of nitrogens with two attached hydrogens (primary N) is 1. The number of fused-ring (bicyclic) bond motifs is 3. The molecule has 0 unspecified atom stereocenters. The highest BCUT2D eigenvalue weighted by Crippen LogP contribution is 2.28. The average Bonchev–Trinajstić information content (AvgIpc) is 2.91. The first kappa shape index (κ1) is 11.9. The molecule has 0 spiro atoms. The predicted molar refractivity (Wildman–Crippen MR) is 85.1 cm³/mol. The largest absolute Gasteiger partial charge is 0.398 e. The average molecular weight is 274 g/mol. The number of benzene rings is 2. The first-order valence-electron chi connectivity index (χ1n) is 6.83. The number of hydrogen-bond donors (Lipinski definition) is 1. The van der Waals surface area contributed by atoms with Crippen molar-refractivity contribution in [2.45, 2.75) is 6.92 Å². The second-order valence-corrected chi connectivity index (χ2v) is 5.20. The maximum Gasteiger partial charge on any atom is 0.170 e. The summed E-state index contributed by atoms with van der Waals surface area (Å²) < 4.78 is 2.05. The first-order valence-corrected chi connectivity index (χ1v) is 6.83. The maximum atomic E-state index is 6.17. The molecule has 0 saturated carbocycles. The summed E-state index contributed by atoms with van der Waals surface area (Å²) in [7, 11) is 0. The van der Waals surface area contributed by atoms with Crippen molar-refractivity contribution in [1.29, 1.82) is 0 Å². The van der Waals surface area contributed by atoms with Crippen molar-refractivity contribution >= 4 is 22.2 Å². The predicted octanol–water partition coefficient (Wildman–Crippen LogP) is 3.44. The lowest BCUT2D eigenvalue weighted by atomic mass is 10.1. The van der Waals surface area contributed by atoms with E-state index in [9.17, 15) is 0 Å². The SMILES string of the molecule is Cc1ccc(-c2nnc3ccc4ccccc4n23)c(N)c1. The molecule has 0 saturated heterocycles. The van der Waals surface area contributed by atoms with E-state index in [0.29, 0.717) is 0 Å². The van der Waals surface area contributed by atoms with Gasteiger partial charge in [0.25, 0.3) is 0 Å². The number of para-hydroxylation sites is 1. The lowest BCUT2D eigenvalue weighted by molar-refractivity contribution is 1.12. The standard InChI is InChI=1S/C17H14N4/c1-11-6-8-13(14(18)10-11)17-20-19-16-9-7-12-4-2-3-5-15(12)21(16)17/h2-10H,18H2,1H3. The third-order valence-electron chi connectivity index (χ3n) is 3.73. The third-order valence-corrected chi connectivity index (χ3v) is 3.73. The molecule has 0 amide bonds. The summed E-state index contributed by atoms with van der Waals surface area (Å²) in [4.78, 5) is 0. The molecule has 2 aromatic heterocycles. The molecule has 4 aromatic rings. The molecule has 2 N–H and O–H groups in total. The molecule has 0 fully saturated rings. The van der Waals surface area contributed by atoms with Gasteiger partial charge in [-0.3, -0.25) is 4.40 Å². The van der Waals surface area contributed by atoms with Crippen LogP contribution in [0.25, 0.3) is 27.9 Å². The fourth-order valence-electron chi connectivity index (χ4n) is 2.70. The number of hydrogen-bond acceptors (Lipinski definition) is 3. The monoisotopic (exact) mass is 274 g/mol. The Balaban J connectivity index is 2.12. The second kappa shape index (κ2) is 4.31. The van der Waals surface area contributed by atoms with Crippen LogP contribution in [-0.2, 0) is 0 Å². The van der Waals surface area contributed by atoms with E-state index < -0.39 is 0 Å². The summed E-state index contributed by atoms with van der Waals surface area (Å²) in [6.07, 6.45) is 0. The summed E-state index contributed by atoms with van der Waals surface area (Å²) >= 11 is 0. The number of nitrogens with zero attached hydrogens (tertiary/aromatic N) is 3. The zero-order valence-corrected chi connectivity index (χ0v) is 11.6. The smallest absolute Gasteiger partial charge is 0.170 e. The van der Waals surface area contributed by atoms with Crippen LogP contribution in [-0.4, -0.2) is 14.6 Å². The third kappa shape index (κ3) is 1.76. The van der Waals surface area contributed by atoms with Crippen molar-refractivity contribution in [1.82, 2.24) is 14.6 Å². The van der Waals surface area contributed by atoms with Gasteiger partial charge in [-0.1, -0.05) is 24.3 Å². The van der Waals surface area contributed by atoms with E-state index >= 15 is 0 Å². The topological polar surface area (TPSA) is 56.2 Å². The molecule has 0 aliphatic carbocycles. The van der Waals surface area contributed by atoms with Gasteiger partial charge < -0.3 is 5.73 Å². The van der Waals surface area contributed by atoms with Crippen LogP contribution in [0.15, 0.2) is 54.6 Å². The molecule has 0 atom stereocenters. The van der Waals surface area contributed by atoms with E-state index in [2.05, 4.69) is 32.8 Å². The fourth-order valence-corrected chi connectivity index (χ4v) is 2.70. The molecule has 4 nitrogen and oxygen atoms in total. The maximum absolute atomic E-state index is 6.17. The number of anilines is 1. The number of nitrogen functional groups attached to an aromatic ring is 1. The van der Waals surface area contributed by atoms with Gasteiger partial charge in [0, 0.05) is 11.3 Å². The second-order valence-electron chi connectivity index (χ2n) is 5.20. The minimum Gasteiger partial charge on any atom is -0.398 e. The molecular weight excluding hydrogens is 260 g/mol. The van der Waals surface area contributed by atoms with Crippen LogP contribution in [0.5, 0.6) is 0 Å². The highest BCUT2D eigenvalue weighted by molar-refractivity contribution is 5.85. The van der Waals surface area contributed by atoms with E-state index in [0.717, 1.165) is 39.2 Å². The molecule has 4 heteroatoms. The zero-order chi connectivity index (χ0) is 14.4. The Morgan fingerprint density at radius 1 is 0.952 bits per heavy atom. The number of rotatable bonds is 1. The molecule has 2 heterocycles. The van der Waals surface area contributed by atoms with Gasteiger partial charge in [0.2, 0.25) is 0 Å². The molecule has 0 bridgehead atoms. The molecule has 4 rings (SSSR count). The van der Waals surface area contributed by atoms with Gasteiger partial charge in [-0.15, -0.1) is 10.2 Å². The van der Waals surface area contributed by atoms with Crippen molar-refractivity contribution in [3.8, 4) is 11.4 Å². The van der Waals surface area contributed by atoms with Crippen molar-refractivity contribution < 1.29 is 0 Å². The Labute approximate surface area is 121 Å². The Morgan fingerprint density at radius 2 is 1.81 bits per heavy atom. The molecule has 0 aliphatic heterocycles. The fraction of sp³-hybridized carbons (Fsp3) is 0.0588. The van der Waals surface area contributed by atoms with E-state index in [4.69, 9.17) is 5.73 Å². The number of aryl methyl sites for hydroxylation is 1. The van der Waals surface area contributed by atoms with E-state index in [1.165, 1.54) is 0 Å². The zero-order valence-electron chi connectivity index (χ0n) is 11.6. The van der Waals surface area contributed by atoms with Crippen molar-refractivity contribution in [2.24, 2.45) is 0 Å². The van der Waals surface area contributed by atoms with Crippen LogP contribution in [0.3, 0.4) is 0 Å².